The normalized spacial score (nSPS) is 20.1. The van der Waals surface area contributed by atoms with E-state index in [0.717, 1.165) is 37.9 Å². The highest BCUT2D eigenvalue weighted by Gasteiger charge is 2.21. The van der Waals surface area contributed by atoms with Gasteiger partial charge in [-0.05, 0) is 37.3 Å². The Morgan fingerprint density at radius 1 is 1.33 bits per heavy atom. The van der Waals surface area contributed by atoms with Gasteiger partial charge in [0.25, 0.3) is 0 Å². The van der Waals surface area contributed by atoms with Crippen LogP contribution in [0.15, 0.2) is 24.3 Å². The van der Waals surface area contributed by atoms with Crippen LogP contribution in [-0.2, 0) is 6.42 Å². The van der Waals surface area contributed by atoms with Crippen molar-refractivity contribution in [1.29, 1.82) is 0 Å². The fourth-order valence-electron chi connectivity index (χ4n) is 2.59. The number of hydrogen-bond acceptors (Lipinski definition) is 2. The molecule has 0 aliphatic carbocycles. The second kappa shape index (κ2) is 6.14. The van der Waals surface area contributed by atoms with Gasteiger partial charge in [0.1, 0.15) is 0 Å². The van der Waals surface area contributed by atoms with E-state index in [1.165, 1.54) is 5.56 Å². The average molecular weight is 245 g/mol. The topological polar surface area (TPSA) is 29.1 Å². The Labute approximate surface area is 110 Å². The Morgan fingerprint density at radius 3 is 2.61 bits per heavy atom. The lowest BCUT2D eigenvalue weighted by Crippen LogP contribution is -2.34. The van der Waals surface area contributed by atoms with Gasteiger partial charge in [0.05, 0.1) is 0 Å². The first-order valence-electron chi connectivity index (χ1n) is 7.00. The Hall–Kier alpha value is -1.15. The van der Waals surface area contributed by atoms with Crippen LogP contribution < -0.4 is 5.32 Å². The smallest absolute Gasteiger partial charge is 0.167 e. The summed E-state index contributed by atoms with van der Waals surface area (Å²) < 4.78 is 0. The highest BCUT2D eigenvalue weighted by Crippen LogP contribution is 2.18. The molecule has 0 spiro atoms. The summed E-state index contributed by atoms with van der Waals surface area (Å²) in [5, 5.41) is 3.30. The molecule has 1 heterocycles. The van der Waals surface area contributed by atoms with Crippen LogP contribution in [0.4, 0.5) is 0 Å². The Kier molecular flexibility index (Phi) is 4.54. The zero-order chi connectivity index (χ0) is 13.0. The molecule has 1 aliphatic rings. The number of benzene rings is 1. The fraction of sp³-hybridized carbons (Fsp3) is 0.562. The Bertz CT molecular complexity index is 388. The number of rotatable bonds is 4. The van der Waals surface area contributed by atoms with E-state index in [1.54, 1.807) is 0 Å². The number of piperidine rings is 1. The van der Waals surface area contributed by atoms with Crippen molar-refractivity contribution in [2.24, 2.45) is 11.8 Å². The lowest BCUT2D eigenvalue weighted by Gasteiger charge is -2.21. The molecule has 1 atom stereocenters. The third-order valence-electron chi connectivity index (χ3n) is 3.55. The molecule has 1 unspecified atom stereocenters. The van der Waals surface area contributed by atoms with E-state index in [0.29, 0.717) is 11.7 Å². The maximum atomic E-state index is 12.3. The summed E-state index contributed by atoms with van der Waals surface area (Å²) in [6.45, 7) is 6.32. The van der Waals surface area contributed by atoms with Gasteiger partial charge in [0.2, 0.25) is 0 Å². The van der Waals surface area contributed by atoms with Gasteiger partial charge in [0.15, 0.2) is 5.78 Å². The van der Waals surface area contributed by atoms with Crippen LogP contribution >= 0.6 is 0 Å². The molecule has 0 aromatic heterocycles. The van der Waals surface area contributed by atoms with Gasteiger partial charge in [-0.2, -0.15) is 0 Å². The number of Topliss-reactive ketones (excluding diaryl/α,β-unsaturated/α-hetero) is 1. The van der Waals surface area contributed by atoms with Crippen LogP contribution in [0.25, 0.3) is 0 Å². The van der Waals surface area contributed by atoms with Crippen molar-refractivity contribution in [2.45, 2.75) is 33.1 Å². The predicted octanol–water partition coefficient (Wildman–Crippen LogP) is 3.07. The van der Waals surface area contributed by atoms with Gasteiger partial charge in [-0.3, -0.25) is 4.79 Å². The molecular formula is C16H23NO. The largest absolute Gasteiger partial charge is 0.316 e. The monoisotopic (exact) mass is 245 g/mol. The summed E-state index contributed by atoms with van der Waals surface area (Å²) in [5.41, 5.74) is 2.19. The maximum absolute atomic E-state index is 12.3. The lowest BCUT2D eigenvalue weighted by molar-refractivity contribution is 0.0899. The van der Waals surface area contributed by atoms with Gasteiger partial charge in [-0.1, -0.05) is 38.1 Å². The van der Waals surface area contributed by atoms with Crippen LogP contribution in [-0.4, -0.2) is 18.9 Å². The van der Waals surface area contributed by atoms with Gasteiger partial charge in [0, 0.05) is 18.0 Å². The molecule has 2 rings (SSSR count). The van der Waals surface area contributed by atoms with Crippen molar-refractivity contribution in [3.05, 3.63) is 35.4 Å². The standard InChI is InChI=1S/C16H23NO/c1-12(2)10-13-5-7-14(8-6-13)16(18)15-4-3-9-17-11-15/h5-8,12,15,17H,3-4,9-11H2,1-2H3. The van der Waals surface area contributed by atoms with Crippen molar-refractivity contribution in [3.8, 4) is 0 Å². The van der Waals surface area contributed by atoms with Gasteiger partial charge in [-0.25, -0.2) is 0 Å². The van der Waals surface area contributed by atoms with E-state index in [2.05, 4.69) is 31.3 Å². The van der Waals surface area contributed by atoms with Crippen molar-refractivity contribution >= 4 is 5.78 Å². The van der Waals surface area contributed by atoms with Crippen molar-refractivity contribution in [2.75, 3.05) is 13.1 Å². The highest BCUT2D eigenvalue weighted by molar-refractivity contribution is 5.98. The summed E-state index contributed by atoms with van der Waals surface area (Å²) in [6.07, 6.45) is 3.22. The minimum Gasteiger partial charge on any atom is -0.316 e. The van der Waals surface area contributed by atoms with Gasteiger partial charge >= 0.3 is 0 Å². The van der Waals surface area contributed by atoms with Crippen LogP contribution in [0.1, 0.15) is 42.6 Å². The van der Waals surface area contributed by atoms with E-state index in [4.69, 9.17) is 0 Å². The number of nitrogens with one attached hydrogen (secondary N) is 1. The van der Waals surface area contributed by atoms with Crippen LogP contribution in [0.2, 0.25) is 0 Å². The molecular weight excluding hydrogens is 222 g/mol. The SMILES string of the molecule is CC(C)Cc1ccc(C(=O)C2CCCNC2)cc1. The average Bonchev–Trinajstić information content (AvgIpc) is 2.39. The fourth-order valence-corrected chi connectivity index (χ4v) is 2.59. The molecule has 1 fully saturated rings. The summed E-state index contributed by atoms with van der Waals surface area (Å²) in [7, 11) is 0. The lowest BCUT2D eigenvalue weighted by atomic mass is 9.90. The molecule has 0 bridgehead atoms. The molecule has 98 valence electrons. The molecule has 1 N–H and O–H groups in total. The summed E-state index contributed by atoms with van der Waals surface area (Å²) >= 11 is 0. The summed E-state index contributed by atoms with van der Waals surface area (Å²) in [6, 6.07) is 8.19. The van der Waals surface area contributed by atoms with E-state index in [9.17, 15) is 4.79 Å². The number of carbonyl (C=O) groups excluding carboxylic acids is 1. The van der Waals surface area contributed by atoms with Crippen molar-refractivity contribution in [1.82, 2.24) is 5.32 Å². The molecule has 1 saturated heterocycles. The first-order chi connectivity index (χ1) is 8.66. The molecule has 2 nitrogen and oxygen atoms in total. The molecule has 2 heteroatoms. The minimum atomic E-state index is 0.176. The number of carbonyl (C=O) groups is 1. The first-order valence-corrected chi connectivity index (χ1v) is 7.00. The summed E-state index contributed by atoms with van der Waals surface area (Å²) in [4.78, 5) is 12.3. The Balaban J connectivity index is 2.02. The molecule has 0 radical (unpaired) electrons. The Morgan fingerprint density at radius 2 is 2.06 bits per heavy atom. The molecule has 1 aliphatic heterocycles. The number of ketones is 1. The van der Waals surface area contributed by atoms with Crippen LogP contribution in [0.5, 0.6) is 0 Å². The molecule has 0 saturated carbocycles. The quantitative estimate of drug-likeness (QED) is 0.826. The van der Waals surface area contributed by atoms with E-state index >= 15 is 0 Å². The zero-order valence-electron chi connectivity index (χ0n) is 11.4. The van der Waals surface area contributed by atoms with Gasteiger partial charge < -0.3 is 5.32 Å². The number of hydrogen-bond donors (Lipinski definition) is 1. The third-order valence-corrected chi connectivity index (χ3v) is 3.55. The van der Waals surface area contributed by atoms with Crippen molar-refractivity contribution in [3.63, 3.8) is 0 Å². The van der Waals surface area contributed by atoms with E-state index in [-0.39, 0.29) is 5.92 Å². The maximum Gasteiger partial charge on any atom is 0.167 e. The third kappa shape index (κ3) is 3.42. The molecule has 1 aromatic rings. The molecule has 0 amide bonds. The van der Waals surface area contributed by atoms with Crippen LogP contribution in [0, 0.1) is 11.8 Å². The van der Waals surface area contributed by atoms with E-state index < -0.39 is 0 Å². The molecule has 18 heavy (non-hydrogen) atoms. The van der Waals surface area contributed by atoms with Crippen LogP contribution in [0.3, 0.4) is 0 Å². The van der Waals surface area contributed by atoms with Gasteiger partial charge in [-0.15, -0.1) is 0 Å². The zero-order valence-corrected chi connectivity index (χ0v) is 11.4. The summed E-state index contributed by atoms with van der Waals surface area (Å²) in [5.74, 6) is 1.14. The highest BCUT2D eigenvalue weighted by atomic mass is 16.1. The molecule has 1 aromatic carbocycles. The second-order valence-corrected chi connectivity index (χ2v) is 5.70. The second-order valence-electron chi connectivity index (χ2n) is 5.70. The minimum absolute atomic E-state index is 0.176. The van der Waals surface area contributed by atoms with Crippen molar-refractivity contribution < 1.29 is 4.79 Å². The first kappa shape index (κ1) is 13.3. The van der Waals surface area contributed by atoms with E-state index in [1.807, 2.05) is 12.1 Å². The predicted molar refractivity (Wildman–Crippen MR) is 74.9 cm³/mol.